The van der Waals surface area contributed by atoms with Crippen LogP contribution in [-0.4, -0.2) is 34.1 Å². The molecule has 6 nitrogen and oxygen atoms in total. The monoisotopic (exact) mass is 371 g/mol. The van der Waals surface area contributed by atoms with Gasteiger partial charge < -0.3 is 4.74 Å². The number of hydrogen-bond donors (Lipinski definition) is 0. The summed E-state index contributed by atoms with van der Waals surface area (Å²) in [6.45, 7) is 2.33. The second kappa shape index (κ2) is 7.55. The molecule has 1 saturated heterocycles. The van der Waals surface area contributed by atoms with Crippen LogP contribution in [0.3, 0.4) is 0 Å². The summed E-state index contributed by atoms with van der Waals surface area (Å²) in [7, 11) is 0. The number of hydroxylamine groups is 2. The molecule has 0 N–H and O–H groups in total. The van der Waals surface area contributed by atoms with Gasteiger partial charge in [-0.25, -0.2) is 4.98 Å². The van der Waals surface area contributed by atoms with E-state index in [2.05, 4.69) is 4.98 Å². The molecule has 1 aliphatic rings. The Labute approximate surface area is 155 Å². The molecule has 0 aliphatic carbocycles. The molecule has 7 heteroatoms. The van der Waals surface area contributed by atoms with Crippen LogP contribution in [-0.2, 0) is 16.2 Å². The van der Waals surface area contributed by atoms with E-state index in [1.165, 1.54) is 16.7 Å². The minimum absolute atomic E-state index is 0.0994. The summed E-state index contributed by atoms with van der Waals surface area (Å²) >= 11 is 6.01. The summed E-state index contributed by atoms with van der Waals surface area (Å²) in [5.74, 6) is 0. The summed E-state index contributed by atoms with van der Waals surface area (Å²) < 4.78 is 7.40. The van der Waals surface area contributed by atoms with Gasteiger partial charge in [-0.1, -0.05) is 23.7 Å². The number of halogens is 1. The van der Waals surface area contributed by atoms with Crippen LogP contribution in [0.1, 0.15) is 17.2 Å². The Morgan fingerprint density at radius 2 is 2.19 bits per heavy atom. The van der Waals surface area contributed by atoms with Gasteiger partial charge in [0, 0.05) is 30.0 Å². The van der Waals surface area contributed by atoms with Gasteiger partial charge in [-0.15, -0.1) is 0 Å². The first-order valence-corrected chi connectivity index (χ1v) is 8.78. The molecule has 1 unspecified atom stereocenters. The van der Waals surface area contributed by atoms with Crippen molar-refractivity contribution in [3.05, 3.63) is 81.4 Å². The van der Waals surface area contributed by atoms with Gasteiger partial charge in [0.1, 0.15) is 5.65 Å². The van der Waals surface area contributed by atoms with Crippen LogP contribution in [0.4, 0.5) is 0 Å². The number of morpholine rings is 1. The van der Waals surface area contributed by atoms with Crippen LogP contribution >= 0.6 is 11.6 Å². The van der Waals surface area contributed by atoms with Gasteiger partial charge in [-0.2, -0.15) is 5.06 Å². The molecule has 134 valence electrons. The number of fused-ring (bicyclic) bond motifs is 1. The standard InChI is InChI=1S/C19H18ClN3O3/c20-16-3-1-2-14(10-16)13-26-22-8-9-25-17(12-22)15-5-7-23-18(11-15)21-6-4-19(23)24/h1-7,10-11,17H,8-9,12-13H2. The number of nitrogens with zero attached hydrogens (tertiary/aromatic N) is 3. The zero-order chi connectivity index (χ0) is 17.9. The van der Waals surface area contributed by atoms with Crippen molar-refractivity contribution in [2.24, 2.45) is 0 Å². The average Bonchev–Trinajstić information content (AvgIpc) is 2.67. The fourth-order valence-electron chi connectivity index (χ4n) is 2.98. The van der Waals surface area contributed by atoms with E-state index >= 15 is 0 Å². The van der Waals surface area contributed by atoms with Gasteiger partial charge in [0.15, 0.2) is 0 Å². The zero-order valence-corrected chi connectivity index (χ0v) is 14.8. The Kier molecular flexibility index (Phi) is 4.99. The van der Waals surface area contributed by atoms with Crippen molar-refractivity contribution in [2.75, 3.05) is 19.7 Å². The van der Waals surface area contributed by atoms with Gasteiger partial charge in [0.2, 0.25) is 0 Å². The molecule has 0 bridgehead atoms. The van der Waals surface area contributed by atoms with Crippen molar-refractivity contribution < 1.29 is 9.57 Å². The van der Waals surface area contributed by atoms with E-state index in [0.717, 1.165) is 11.1 Å². The molecule has 0 saturated carbocycles. The molecule has 3 heterocycles. The van der Waals surface area contributed by atoms with E-state index in [9.17, 15) is 4.79 Å². The first-order chi connectivity index (χ1) is 12.7. The molecular formula is C19H18ClN3O3. The van der Waals surface area contributed by atoms with Gasteiger partial charge in [0.05, 0.1) is 25.9 Å². The Balaban J connectivity index is 1.45. The highest BCUT2D eigenvalue weighted by molar-refractivity contribution is 6.30. The number of rotatable bonds is 4. The Hall–Kier alpha value is -2.25. The second-order valence-corrected chi connectivity index (χ2v) is 6.56. The van der Waals surface area contributed by atoms with Crippen molar-refractivity contribution in [3.63, 3.8) is 0 Å². The molecule has 0 radical (unpaired) electrons. The van der Waals surface area contributed by atoms with Crippen LogP contribution in [0.15, 0.2) is 59.7 Å². The SMILES string of the molecule is O=c1ccnc2cc(C3CN(OCc4cccc(Cl)c4)CCO3)ccn12. The predicted molar refractivity (Wildman–Crippen MR) is 98.0 cm³/mol. The minimum atomic E-state index is -0.134. The summed E-state index contributed by atoms with van der Waals surface area (Å²) in [5.41, 5.74) is 2.50. The smallest absolute Gasteiger partial charge is 0.257 e. The first-order valence-electron chi connectivity index (χ1n) is 8.40. The van der Waals surface area contributed by atoms with E-state index in [0.29, 0.717) is 37.0 Å². The topological polar surface area (TPSA) is 56.1 Å². The maximum Gasteiger partial charge on any atom is 0.257 e. The van der Waals surface area contributed by atoms with E-state index in [-0.39, 0.29) is 11.7 Å². The lowest BCUT2D eigenvalue weighted by atomic mass is 10.1. The molecule has 1 atom stereocenters. The Bertz CT molecular complexity index is 975. The highest BCUT2D eigenvalue weighted by Crippen LogP contribution is 2.23. The molecule has 3 aromatic rings. The zero-order valence-electron chi connectivity index (χ0n) is 14.0. The highest BCUT2D eigenvalue weighted by atomic mass is 35.5. The van der Waals surface area contributed by atoms with Crippen LogP contribution in [0.2, 0.25) is 5.02 Å². The lowest BCUT2D eigenvalue weighted by Crippen LogP contribution is -2.38. The Morgan fingerprint density at radius 1 is 1.27 bits per heavy atom. The fourth-order valence-corrected chi connectivity index (χ4v) is 3.20. The predicted octanol–water partition coefficient (Wildman–Crippen LogP) is 2.85. The Morgan fingerprint density at radius 3 is 3.08 bits per heavy atom. The van der Waals surface area contributed by atoms with Crippen molar-refractivity contribution in [2.45, 2.75) is 12.7 Å². The maximum absolute atomic E-state index is 11.8. The normalized spacial score (nSPS) is 18.3. The van der Waals surface area contributed by atoms with Gasteiger partial charge >= 0.3 is 0 Å². The second-order valence-electron chi connectivity index (χ2n) is 6.12. The molecule has 0 amide bonds. The van der Waals surface area contributed by atoms with Crippen LogP contribution in [0.25, 0.3) is 5.65 Å². The van der Waals surface area contributed by atoms with Crippen LogP contribution in [0.5, 0.6) is 0 Å². The molecule has 1 fully saturated rings. The van der Waals surface area contributed by atoms with E-state index < -0.39 is 0 Å². The maximum atomic E-state index is 11.8. The van der Waals surface area contributed by atoms with Gasteiger partial charge in [0.25, 0.3) is 5.56 Å². The number of ether oxygens (including phenoxy) is 1. The summed E-state index contributed by atoms with van der Waals surface area (Å²) in [4.78, 5) is 22.0. The highest BCUT2D eigenvalue weighted by Gasteiger charge is 2.23. The van der Waals surface area contributed by atoms with E-state index in [1.54, 1.807) is 6.20 Å². The molecule has 4 rings (SSSR count). The van der Waals surface area contributed by atoms with Crippen LogP contribution < -0.4 is 5.56 Å². The molecule has 0 spiro atoms. The largest absolute Gasteiger partial charge is 0.371 e. The third-order valence-electron chi connectivity index (χ3n) is 4.32. The number of benzene rings is 1. The van der Waals surface area contributed by atoms with Crippen molar-refractivity contribution in [1.29, 1.82) is 0 Å². The van der Waals surface area contributed by atoms with Crippen molar-refractivity contribution in [3.8, 4) is 0 Å². The number of hydrogen-bond acceptors (Lipinski definition) is 5. The molecule has 1 aromatic carbocycles. The third kappa shape index (κ3) is 3.78. The molecule has 2 aromatic heterocycles. The first kappa shape index (κ1) is 17.2. The van der Waals surface area contributed by atoms with Crippen LogP contribution in [0, 0.1) is 0 Å². The fraction of sp³-hybridized carbons (Fsp3) is 0.263. The molecule has 1 aliphatic heterocycles. The molecule has 26 heavy (non-hydrogen) atoms. The average molecular weight is 372 g/mol. The summed E-state index contributed by atoms with van der Waals surface area (Å²) in [6.07, 6.45) is 3.11. The molecular weight excluding hydrogens is 354 g/mol. The van der Waals surface area contributed by atoms with E-state index in [1.807, 2.05) is 41.5 Å². The van der Waals surface area contributed by atoms with Crippen molar-refractivity contribution >= 4 is 17.2 Å². The van der Waals surface area contributed by atoms with Gasteiger partial charge in [-0.3, -0.25) is 14.0 Å². The number of aromatic nitrogens is 2. The lowest BCUT2D eigenvalue weighted by Gasteiger charge is -2.32. The third-order valence-corrected chi connectivity index (χ3v) is 4.56. The van der Waals surface area contributed by atoms with E-state index in [4.69, 9.17) is 21.2 Å². The minimum Gasteiger partial charge on any atom is -0.371 e. The van der Waals surface area contributed by atoms with Crippen molar-refractivity contribution in [1.82, 2.24) is 14.4 Å². The van der Waals surface area contributed by atoms with Gasteiger partial charge in [-0.05, 0) is 35.4 Å². The number of pyridine rings is 1. The lowest BCUT2D eigenvalue weighted by molar-refractivity contribution is -0.220. The quantitative estimate of drug-likeness (QED) is 0.706. The summed E-state index contributed by atoms with van der Waals surface area (Å²) in [5, 5.41) is 2.61. The summed E-state index contributed by atoms with van der Waals surface area (Å²) in [6, 6.07) is 12.8.